The number of hydrogen-bond acceptors (Lipinski definition) is 4. The van der Waals surface area contributed by atoms with Crippen molar-refractivity contribution in [3.05, 3.63) is 41.7 Å². The van der Waals surface area contributed by atoms with Crippen LogP contribution in [-0.4, -0.2) is 25.6 Å². The predicted molar refractivity (Wildman–Crippen MR) is 70.7 cm³/mol. The second-order valence-corrected chi connectivity index (χ2v) is 4.13. The van der Waals surface area contributed by atoms with E-state index in [9.17, 15) is 4.79 Å². The fourth-order valence-corrected chi connectivity index (χ4v) is 1.89. The molecule has 3 nitrogen and oxygen atoms in total. The van der Waals surface area contributed by atoms with Gasteiger partial charge in [0, 0.05) is 7.11 Å². The summed E-state index contributed by atoms with van der Waals surface area (Å²) < 4.78 is 10.1. The van der Waals surface area contributed by atoms with Gasteiger partial charge in [0.2, 0.25) is 5.12 Å². The van der Waals surface area contributed by atoms with Gasteiger partial charge in [0.15, 0.2) is 0 Å². The molecular weight excluding hydrogens is 236 g/mol. The van der Waals surface area contributed by atoms with Crippen molar-refractivity contribution in [1.29, 1.82) is 0 Å². The summed E-state index contributed by atoms with van der Waals surface area (Å²) in [5.41, 5.74) is 2.39. The van der Waals surface area contributed by atoms with Gasteiger partial charge in [0.25, 0.3) is 0 Å². The minimum Gasteiger partial charge on any atom is -0.504 e. The van der Waals surface area contributed by atoms with Gasteiger partial charge in [-0.1, -0.05) is 36.0 Å². The van der Waals surface area contributed by atoms with Gasteiger partial charge in [-0.2, -0.15) is 0 Å². The Labute approximate surface area is 106 Å². The first-order chi connectivity index (χ1) is 8.24. The molecule has 0 aromatic heterocycles. The van der Waals surface area contributed by atoms with Crippen LogP contribution in [0.15, 0.2) is 30.5 Å². The standard InChI is InChI=1S/C13H16O3S/c1-15-8-10-6-4-5-7-11(10)12(9-16-2)13(14)17-3/h4-7,9H,8H2,1-3H3. The Kier molecular flexibility index (Phi) is 5.80. The molecule has 0 heterocycles. The zero-order valence-electron chi connectivity index (χ0n) is 10.2. The third-order valence-corrected chi connectivity index (χ3v) is 2.84. The predicted octanol–water partition coefficient (Wildman–Crippen LogP) is 2.71. The Morgan fingerprint density at radius 2 is 2.06 bits per heavy atom. The van der Waals surface area contributed by atoms with Gasteiger partial charge in [-0.3, -0.25) is 4.79 Å². The van der Waals surface area contributed by atoms with Crippen molar-refractivity contribution in [2.75, 3.05) is 20.5 Å². The van der Waals surface area contributed by atoms with Crippen LogP contribution >= 0.6 is 11.8 Å². The van der Waals surface area contributed by atoms with Crippen LogP contribution in [0.2, 0.25) is 0 Å². The second kappa shape index (κ2) is 7.14. The van der Waals surface area contributed by atoms with Crippen molar-refractivity contribution in [3.8, 4) is 0 Å². The molecule has 4 heteroatoms. The molecule has 0 fully saturated rings. The van der Waals surface area contributed by atoms with Crippen LogP contribution in [0, 0.1) is 0 Å². The third kappa shape index (κ3) is 3.61. The number of thioether (sulfide) groups is 1. The number of carbonyl (C=O) groups is 1. The van der Waals surface area contributed by atoms with E-state index in [1.807, 2.05) is 24.3 Å². The number of carbonyl (C=O) groups excluding carboxylic acids is 1. The molecule has 1 aromatic carbocycles. The van der Waals surface area contributed by atoms with E-state index in [4.69, 9.17) is 9.47 Å². The molecule has 92 valence electrons. The first-order valence-electron chi connectivity index (χ1n) is 5.13. The summed E-state index contributed by atoms with van der Waals surface area (Å²) in [6.07, 6.45) is 3.23. The minimum atomic E-state index is -0.0181. The number of methoxy groups -OCH3 is 2. The number of rotatable bonds is 5. The zero-order valence-corrected chi connectivity index (χ0v) is 11.0. The molecule has 1 aromatic rings. The maximum atomic E-state index is 11.8. The first kappa shape index (κ1) is 13.8. The summed E-state index contributed by atoms with van der Waals surface area (Å²) in [5.74, 6) is 0. The van der Waals surface area contributed by atoms with Gasteiger partial charge >= 0.3 is 0 Å². The van der Waals surface area contributed by atoms with Crippen LogP contribution in [0.1, 0.15) is 11.1 Å². The highest BCUT2D eigenvalue weighted by Crippen LogP contribution is 2.24. The van der Waals surface area contributed by atoms with Crippen molar-refractivity contribution in [3.63, 3.8) is 0 Å². The van der Waals surface area contributed by atoms with Gasteiger partial charge in [0.05, 0.1) is 25.6 Å². The van der Waals surface area contributed by atoms with Crippen LogP contribution in [0.25, 0.3) is 5.57 Å². The molecule has 0 saturated carbocycles. The zero-order chi connectivity index (χ0) is 12.7. The Balaban J connectivity index is 3.18. The van der Waals surface area contributed by atoms with E-state index in [1.165, 1.54) is 25.1 Å². The largest absolute Gasteiger partial charge is 0.504 e. The third-order valence-electron chi connectivity index (χ3n) is 2.25. The molecule has 0 N–H and O–H groups in total. The van der Waals surface area contributed by atoms with Gasteiger partial charge in [-0.05, 0) is 17.4 Å². The molecule has 0 unspecified atom stereocenters. The van der Waals surface area contributed by atoms with E-state index >= 15 is 0 Å². The Morgan fingerprint density at radius 3 is 2.65 bits per heavy atom. The van der Waals surface area contributed by atoms with E-state index in [0.717, 1.165) is 11.1 Å². The van der Waals surface area contributed by atoms with Crippen molar-refractivity contribution >= 4 is 22.5 Å². The van der Waals surface area contributed by atoms with Gasteiger partial charge in [-0.15, -0.1) is 0 Å². The minimum absolute atomic E-state index is 0.0181. The quantitative estimate of drug-likeness (QED) is 0.596. The van der Waals surface area contributed by atoms with Crippen LogP contribution in [0.4, 0.5) is 0 Å². The number of hydrogen-bond donors (Lipinski definition) is 0. The lowest BCUT2D eigenvalue weighted by atomic mass is 10.0. The molecule has 0 aliphatic heterocycles. The SMILES string of the molecule is COC=C(C(=O)SC)c1ccccc1COC. The highest BCUT2D eigenvalue weighted by Gasteiger charge is 2.14. The van der Waals surface area contributed by atoms with Crippen molar-refractivity contribution in [2.24, 2.45) is 0 Å². The molecule has 0 atom stereocenters. The number of ether oxygens (including phenoxy) is 2. The fraction of sp³-hybridized carbons (Fsp3) is 0.308. The summed E-state index contributed by atoms with van der Waals surface area (Å²) in [5, 5.41) is -0.0181. The smallest absolute Gasteiger partial charge is 0.222 e. The topological polar surface area (TPSA) is 35.5 Å². The van der Waals surface area contributed by atoms with Crippen molar-refractivity contribution in [2.45, 2.75) is 6.61 Å². The van der Waals surface area contributed by atoms with E-state index in [1.54, 1.807) is 13.4 Å². The van der Waals surface area contributed by atoms with Gasteiger partial charge < -0.3 is 9.47 Å². The second-order valence-electron chi connectivity index (χ2n) is 3.35. The summed E-state index contributed by atoms with van der Waals surface area (Å²) in [6.45, 7) is 0.471. The molecule has 1 rings (SSSR count). The molecular formula is C13H16O3S. The van der Waals surface area contributed by atoms with Crippen LogP contribution < -0.4 is 0 Å². The lowest BCUT2D eigenvalue weighted by Crippen LogP contribution is -2.02. The Bertz CT molecular complexity index is 413. The van der Waals surface area contributed by atoms with Gasteiger partial charge in [0.1, 0.15) is 0 Å². The van der Waals surface area contributed by atoms with Crippen molar-refractivity contribution < 1.29 is 14.3 Å². The average molecular weight is 252 g/mol. The van der Waals surface area contributed by atoms with E-state index in [-0.39, 0.29) is 5.12 Å². The summed E-state index contributed by atoms with van der Waals surface area (Å²) in [4.78, 5) is 11.8. The maximum absolute atomic E-state index is 11.8. The summed E-state index contributed by atoms with van der Waals surface area (Å²) >= 11 is 1.17. The number of benzene rings is 1. The molecule has 0 amide bonds. The molecule has 17 heavy (non-hydrogen) atoms. The molecule has 0 spiro atoms. The lowest BCUT2D eigenvalue weighted by molar-refractivity contribution is -0.106. The first-order valence-corrected chi connectivity index (χ1v) is 6.35. The monoisotopic (exact) mass is 252 g/mol. The summed E-state index contributed by atoms with van der Waals surface area (Å²) in [7, 11) is 3.17. The molecule has 0 aliphatic rings. The van der Waals surface area contributed by atoms with Crippen LogP contribution in [0.3, 0.4) is 0 Å². The molecule has 0 saturated heterocycles. The Morgan fingerprint density at radius 1 is 1.35 bits per heavy atom. The highest BCUT2D eigenvalue weighted by atomic mass is 32.2. The summed E-state index contributed by atoms with van der Waals surface area (Å²) in [6, 6.07) is 7.65. The van der Waals surface area contributed by atoms with Crippen molar-refractivity contribution in [1.82, 2.24) is 0 Å². The lowest BCUT2D eigenvalue weighted by Gasteiger charge is -2.10. The highest BCUT2D eigenvalue weighted by molar-refractivity contribution is 8.14. The van der Waals surface area contributed by atoms with Crippen LogP contribution in [0.5, 0.6) is 0 Å². The molecule has 0 aliphatic carbocycles. The average Bonchev–Trinajstić information content (AvgIpc) is 2.36. The van der Waals surface area contributed by atoms with E-state index < -0.39 is 0 Å². The molecule has 0 bridgehead atoms. The van der Waals surface area contributed by atoms with Crippen LogP contribution in [-0.2, 0) is 20.9 Å². The van der Waals surface area contributed by atoms with Gasteiger partial charge in [-0.25, -0.2) is 0 Å². The normalized spacial score (nSPS) is 11.4. The fourth-order valence-electron chi connectivity index (χ4n) is 1.51. The Hall–Kier alpha value is -1.26. The van der Waals surface area contributed by atoms with E-state index in [2.05, 4.69) is 0 Å². The maximum Gasteiger partial charge on any atom is 0.222 e. The van der Waals surface area contributed by atoms with E-state index in [0.29, 0.717) is 12.2 Å². The molecule has 0 radical (unpaired) electrons.